The maximum absolute atomic E-state index is 12.0. The number of nitrogens with one attached hydrogen (secondary N) is 2. The van der Waals surface area contributed by atoms with Gasteiger partial charge in [-0.1, -0.05) is 25.1 Å². The highest BCUT2D eigenvalue weighted by molar-refractivity contribution is 5.93. The Morgan fingerprint density at radius 2 is 1.96 bits per heavy atom. The average Bonchev–Trinajstić information content (AvgIpc) is 2.60. The molecule has 0 unspecified atom stereocenters. The fourth-order valence-electron chi connectivity index (χ4n) is 2.20. The van der Waals surface area contributed by atoms with Crippen molar-refractivity contribution in [3.63, 3.8) is 0 Å². The zero-order valence-electron chi connectivity index (χ0n) is 12.8. The van der Waals surface area contributed by atoms with Crippen molar-refractivity contribution in [2.45, 2.75) is 13.3 Å². The number of fused-ring (bicyclic) bond motifs is 1. The summed E-state index contributed by atoms with van der Waals surface area (Å²) in [6.45, 7) is 2.62. The molecule has 0 spiro atoms. The van der Waals surface area contributed by atoms with E-state index in [4.69, 9.17) is 0 Å². The number of hydrogen-bond acceptors (Lipinski definition) is 5. The van der Waals surface area contributed by atoms with Crippen molar-refractivity contribution in [3.8, 4) is 0 Å². The lowest BCUT2D eigenvalue weighted by atomic mass is 10.2. The molecule has 0 aliphatic heterocycles. The Kier molecular flexibility index (Phi) is 4.42. The third-order valence-electron chi connectivity index (χ3n) is 3.30. The van der Waals surface area contributed by atoms with E-state index >= 15 is 0 Å². The third-order valence-corrected chi connectivity index (χ3v) is 3.30. The van der Waals surface area contributed by atoms with Crippen LogP contribution in [0.3, 0.4) is 0 Å². The number of carbonyl (C=O) groups excluding carboxylic acids is 1. The molecule has 3 rings (SSSR count). The van der Waals surface area contributed by atoms with E-state index in [1.807, 2.05) is 37.3 Å². The molecule has 0 radical (unpaired) electrons. The number of carbonyl (C=O) groups is 1. The maximum Gasteiger partial charge on any atom is 0.270 e. The van der Waals surface area contributed by atoms with Gasteiger partial charge >= 0.3 is 0 Å². The monoisotopic (exact) mass is 307 g/mol. The van der Waals surface area contributed by atoms with Crippen LogP contribution < -0.4 is 10.6 Å². The van der Waals surface area contributed by atoms with Crippen molar-refractivity contribution < 1.29 is 4.79 Å². The summed E-state index contributed by atoms with van der Waals surface area (Å²) in [5.74, 6) is 0.167. The second kappa shape index (κ2) is 6.83. The minimum Gasteiger partial charge on any atom is -0.351 e. The maximum atomic E-state index is 12.0. The van der Waals surface area contributed by atoms with Crippen LogP contribution in [-0.2, 0) is 0 Å². The lowest BCUT2D eigenvalue weighted by Gasteiger charge is -2.08. The van der Waals surface area contributed by atoms with Crippen LogP contribution in [-0.4, -0.2) is 27.4 Å². The van der Waals surface area contributed by atoms with Crippen molar-refractivity contribution in [1.82, 2.24) is 20.3 Å². The van der Waals surface area contributed by atoms with Gasteiger partial charge in [-0.3, -0.25) is 9.78 Å². The van der Waals surface area contributed by atoms with Gasteiger partial charge in [-0.15, -0.1) is 0 Å². The van der Waals surface area contributed by atoms with E-state index in [2.05, 4.69) is 25.6 Å². The molecule has 2 N–H and O–H groups in total. The highest BCUT2D eigenvalue weighted by Crippen LogP contribution is 2.22. The Labute approximate surface area is 134 Å². The van der Waals surface area contributed by atoms with E-state index in [9.17, 15) is 4.79 Å². The van der Waals surface area contributed by atoms with Crippen LogP contribution in [0.2, 0.25) is 0 Å². The van der Waals surface area contributed by atoms with Gasteiger partial charge in [0.25, 0.3) is 5.91 Å². The first-order chi connectivity index (χ1) is 11.3. The van der Waals surface area contributed by atoms with Crippen LogP contribution in [0.4, 0.5) is 11.6 Å². The van der Waals surface area contributed by atoms with Crippen molar-refractivity contribution in [2.75, 3.05) is 11.9 Å². The summed E-state index contributed by atoms with van der Waals surface area (Å²) in [5, 5.41) is 6.96. The lowest BCUT2D eigenvalue weighted by molar-refractivity contribution is 0.0948. The molecule has 0 saturated heterocycles. The first-order valence-corrected chi connectivity index (χ1v) is 7.50. The molecule has 116 valence electrons. The van der Waals surface area contributed by atoms with E-state index in [0.29, 0.717) is 18.2 Å². The van der Waals surface area contributed by atoms with Crippen molar-refractivity contribution in [3.05, 3.63) is 54.5 Å². The molecule has 2 heterocycles. The summed E-state index contributed by atoms with van der Waals surface area (Å²) in [7, 11) is 0. The standard InChI is InChI=1S/C17H17N5O/c1-2-9-19-16(23)14-8-11-20-17(22-14)21-13-7-3-5-12-6-4-10-18-15(12)13/h3-8,10-11H,2,9H2,1H3,(H,19,23)(H,20,21,22). The highest BCUT2D eigenvalue weighted by Gasteiger charge is 2.09. The number of pyridine rings is 1. The van der Waals surface area contributed by atoms with E-state index in [-0.39, 0.29) is 5.91 Å². The summed E-state index contributed by atoms with van der Waals surface area (Å²) in [6, 6.07) is 11.3. The second-order valence-corrected chi connectivity index (χ2v) is 5.03. The molecule has 0 saturated carbocycles. The topological polar surface area (TPSA) is 79.8 Å². The van der Waals surface area contributed by atoms with E-state index < -0.39 is 0 Å². The van der Waals surface area contributed by atoms with Gasteiger partial charge in [-0.05, 0) is 24.6 Å². The van der Waals surface area contributed by atoms with Crippen LogP contribution in [0.5, 0.6) is 0 Å². The number of para-hydroxylation sites is 1. The van der Waals surface area contributed by atoms with E-state index in [1.54, 1.807) is 18.5 Å². The number of hydrogen-bond donors (Lipinski definition) is 2. The van der Waals surface area contributed by atoms with Gasteiger partial charge in [0, 0.05) is 24.3 Å². The molecule has 23 heavy (non-hydrogen) atoms. The number of amides is 1. The molecule has 6 nitrogen and oxygen atoms in total. The zero-order valence-corrected chi connectivity index (χ0v) is 12.8. The Bertz CT molecular complexity index is 829. The molecule has 6 heteroatoms. The molecule has 0 aliphatic carbocycles. The predicted octanol–water partition coefficient (Wildman–Crippen LogP) is 2.91. The van der Waals surface area contributed by atoms with Gasteiger partial charge in [-0.25, -0.2) is 9.97 Å². The highest BCUT2D eigenvalue weighted by atomic mass is 16.1. The summed E-state index contributed by atoms with van der Waals surface area (Å²) in [4.78, 5) is 24.8. The molecule has 0 atom stereocenters. The minimum atomic E-state index is -0.201. The van der Waals surface area contributed by atoms with Gasteiger partial charge in [0.2, 0.25) is 5.95 Å². The fourth-order valence-corrected chi connectivity index (χ4v) is 2.20. The van der Waals surface area contributed by atoms with Gasteiger partial charge in [-0.2, -0.15) is 0 Å². The smallest absolute Gasteiger partial charge is 0.270 e. The van der Waals surface area contributed by atoms with Gasteiger partial charge in [0.05, 0.1) is 11.2 Å². The van der Waals surface area contributed by atoms with Gasteiger partial charge < -0.3 is 10.6 Å². The Morgan fingerprint density at radius 3 is 2.83 bits per heavy atom. The van der Waals surface area contributed by atoms with E-state index in [0.717, 1.165) is 23.0 Å². The lowest BCUT2D eigenvalue weighted by Crippen LogP contribution is -2.25. The Morgan fingerprint density at radius 1 is 1.09 bits per heavy atom. The summed E-state index contributed by atoms with van der Waals surface area (Å²) >= 11 is 0. The minimum absolute atomic E-state index is 0.201. The molecule has 0 bridgehead atoms. The van der Waals surface area contributed by atoms with Crippen LogP contribution in [0.1, 0.15) is 23.8 Å². The third kappa shape index (κ3) is 3.42. The molecular weight excluding hydrogens is 290 g/mol. The number of rotatable bonds is 5. The number of benzene rings is 1. The Balaban J connectivity index is 1.86. The summed E-state index contributed by atoms with van der Waals surface area (Å²) in [6.07, 6.45) is 4.18. The second-order valence-electron chi connectivity index (χ2n) is 5.03. The van der Waals surface area contributed by atoms with Crippen LogP contribution in [0.25, 0.3) is 10.9 Å². The molecule has 3 aromatic rings. The molecule has 0 aliphatic rings. The Hall–Kier alpha value is -3.02. The largest absolute Gasteiger partial charge is 0.351 e. The number of nitrogens with zero attached hydrogens (tertiary/aromatic N) is 3. The molecule has 1 amide bonds. The number of aromatic nitrogens is 3. The van der Waals surface area contributed by atoms with Crippen molar-refractivity contribution >= 4 is 28.4 Å². The first-order valence-electron chi connectivity index (χ1n) is 7.50. The van der Waals surface area contributed by atoms with Crippen molar-refractivity contribution in [1.29, 1.82) is 0 Å². The van der Waals surface area contributed by atoms with Crippen LogP contribution in [0.15, 0.2) is 48.8 Å². The van der Waals surface area contributed by atoms with Gasteiger partial charge in [0.1, 0.15) is 5.69 Å². The number of anilines is 2. The SMILES string of the molecule is CCCNC(=O)c1ccnc(Nc2cccc3cccnc23)n1. The van der Waals surface area contributed by atoms with Crippen molar-refractivity contribution in [2.24, 2.45) is 0 Å². The van der Waals surface area contributed by atoms with Crippen LogP contribution >= 0.6 is 0 Å². The predicted molar refractivity (Wildman–Crippen MR) is 89.7 cm³/mol. The first kappa shape index (κ1) is 14.9. The van der Waals surface area contributed by atoms with Crippen LogP contribution in [0, 0.1) is 0 Å². The normalized spacial score (nSPS) is 10.5. The zero-order chi connectivity index (χ0) is 16.1. The average molecular weight is 307 g/mol. The molecular formula is C17H17N5O. The molecule has 2 aromatic heterocycles. The summed E-state index contributed by atoms with van der Waals surface area (Å²) < 4.78 is 0. The molecule has 0 fully saturated rings. The fraction of sp³-hybridized carbons (Fsp3) is 0.176. The van der Waals surface area contributed by atoms with E-state index in [1.165, 1.54) is 0 Å². The summed E-state index contributed by atoms with van der Waals surface area (Å²) in [5.41, 5.74) is 1.97. The molecule has 1 aromatic carbocycles. The quantitative estimate of drug-likeness (QED) is 0.757. The van der Waals surface area contributed by atoms with Gasteiger partial charge in [0.15, 0.2) is 0 Å².